The molecule has 324 valence electrons. The molecule has 14 heteroatoms. The van der Waals surface area contributed by atoms with Crippen LogP contribution in [-0.4, -0.2) is 63.9 Å². The summed E-state index contributed by atoms with van der Waals surface area (Å²) in [5, 5.41) is 8.57. The molecule has 0 spiro atoms. The van der Waals surface area contributed by atoms with Crippen molar-refractivity contribution in [1.29, 1.82) is 0 Å². The Morgan fingerprint density at radius 1 is 0.639 bits per heavy atom. The number of aromatic nitrogens is 2. The van der Waals surface area contributed by atoms with Gasteiger partial charge in [0.25, 0.3) is 11.8 Å². The Labute approximate surface area is 372 Å². The molecule has 11 nitrogen and oxygen atoms in total. The minimum absolute atomic E-state index is 0.0146. The average Bonchev–Trinajstić information content (AvgIpc) is 3.28. The van der Waals surface area contributed by atoms with Crippen LogP contribution < -0.4 is 20.1 Å². The van der Waals surface area contributed by atoms with Crippen LogP contribution in [0.2, 0.25) is 0 Å². The van der Waals surface area contributed by atoms with Gasteiger partial charge >= 0.3 is 11.9 Å². The lowest BCUT2D eigenvalue weighted by Crippen LogP contribution is -2.36. The maximum Gasteiger partial charge on any atom is 0.351 e. The van der Waals surface area contributed by atoms with Crippen molar-refractivity contribution in [3.05, 3.63) is 89.5 Å². The molecule has 0 bridgehead atoms. The highest BCUT2D eigenvalue weighted by Gasteiger charge is 2.22. The normalized spacial score (nSPS) is 14.5. The highest BCUT2D eigenvalue weighted by atomic mass is 32.2. The van der Waals surface area contributed by atoms with E-state index in [9.17, 15) is 19.2 Å². The summed E-state index contributed by atoms with van der Waals surface area (Å²) < 4.78 is 16.6. The number of carbonyl (C=O) groups is 4. The number of rotatable bonds is 20. The van der Waals surface area contributed by atoms with Gasteiger partial charge in [0.05, 0.1) is 17.5 Å². The van der Waals surface area contributed by atoms with Gasteiger partial charge in [-0.2, -0.15) is 0 Å². The molecule has 2 aromatic heterocycles. The largest absolute Gasteiger partial charge is 0.482 e. The highest BCUT2D eigenvalue weighted by molar-refractivity contribution is 8.00. The lowest BCUT2D eigenvalue weighted by atomic mass is 9.95. The van der Waals surface area contributed by atoms with Crippen LogP contribution in [0.5, 0.6) is 17.4 Å². The zero-order valence-corrected chi connectivity index (χ0v) is 37.5. The van der Waals surface area contributed by atoms with Crippen LogP contribution in [0.25, 0.3) is 0 Å². The molecule has 2 N–H and O–H groups in total. The summed E-state index contributed by atoms with van der Waals surface area (Å²) in [4.78, 5) is 61.6. The number of carbonyl (C=O) groups excluding carboxylic acids is 4. The second kappa shape index (κ2) is 24.2. The van der Waals surface area contributed by atoms with E-state index in [4.69, 9.17) is 19.2 Å². The fourth-order valence-corrected chi connectivity index (χ4v) is 9.70. The van der Waals surface area contributed by atoms with E-state index in [1.807, 2.05) is 36.4 Å². The van der Waals surface area contributed by atoms with E-state index >= 15 is 0 Å². The third-order valence-electron chi connectivity index (χ3n) is 10.3. The van der Waals surface area contributed by atoms with Gasteiger partial charge in [-0.1, -0.05) is 76.3 Å². The lowest BCUT2D eigenvalue weighted by molar-refractivity contribution is -0.161. The quantitative estimate of drug-likeness (QED) is 0.0495. The molecule has 0 radical (unpaired) electrons. The van der Waals surface area contributed by atoms with Gasteiger partial charge < -0.3 is 24.8 Å². The molecule has 0 saturated heterocycles. The number of nitrogens with one attached hydrogen (secondary N) is 2. The van der Waals surface area contributed by atoms with E-state index in [-0.39, 0.29) is 30.3 Å². The maximum atomic E-state index is 13.2. The molecule has 2 aliphatic carbocycles. The van der Waals surface area contributed by atoms with Crippen LogP contribution in [0, 0.1) is 0 Å². The smallest absolute Gasteiger partial charge is 0.351 e. The molecule has 2 aromatic carbocycles. The van der Waals surface area contributed by atoms with Gasteiger partial charge in [0.15, 0.2) is 6.61 Å². The fraction of sp³-hybridized carbons (Fsp3) is 0.447. The average molecular weight is 885 g/mol. The van der Waals surface area contributed by atoms with Crippen LogP contribution in [0.3, 0.4) is 0 Å². The number of benzene rings is 2. The number of hydrogen-bond donors (Lipinski definition) is 2. The predicted molar refractivity (Wildman–Crippen MR) is 241 cm³/mol. The van der Waals surface area contributed by atoms with Crippen molar-refractivity contribution in [1.82, 2.24) is 20.6 Å². The van der Waals surface area contributed by atoms with Gasteiger partial charge in [-0.25, -0.2) is 14.8 Å². The van der Waals surface area contributed by atoms with E-state index in [1.165, 1.54) is 24.6 Å². The summed E-state index contributed by atoms with van der Waals surface area (Å²) in [6.45, 7) is 3.79. The first-order valence-electron chi connectivity index (χ1n) is 21.6. The molecule has 4 aromatic rings. The van der Waals surface area contributed by atoms with Crippen LogP contribution in [0.1, 0.15) is 124 Å². The summed E-state index contributed by atoms with van der Waals surface area (Å²) >= 11 is 4.62. The number of ether oxygens (including phenoxy) is 3. The summed E-state index contributed by atoms with van der Waals surface area (Å²) in [5.74, 6) is 1.56. The van der Waals surface area contributed by atoms with E-state index in [2.05, 4.69) is 29.5 Å². The van der Waals surface area contributed by atoms with Gasteiger partial charge in [0.1, 0.15) is 26.6 Å². The lowest BCUT2D eigenvalue weighted by Gasteiger charge is -2.23. The number of amides is 2. The van der Waals surface area contributed by atoms with Gasteiger partial charge in [-0.15, -0.1) is 23.5 Å². The Morgan fingerprint density at radius 2 is 1.20 bits per heavy atom. The van der Waals surface area contributed by atoms with Gasteiger partial charge in [-0.05, 0) is 117 Å². The third-order valence-corrected chi connectivity index (χ3v) is 13.7. The molecule has 0 atom stereocenters. The number of esters is 2. The Bertz CT molecular complexity index is 1920. The van der Waals surface area contributed by atoms with Crippen molar-refractivity contribution >= 4 is 59.0 Å². The highest BCUT2D eigenvalue weighted by Crippen LogP contribution is 2.32. The van der Waals surface area contributed by atoms with Gasteiger partial charge in [-0.3, -0.25) is 14.4 Å². The van der Waals surface area contributed by atoms with Crippen LogP contribution in [0.15, 0.2) is 92.8 Å². The van der Waals surface area contributed by atoms with Crippen molar-refractivity contribution in [2.75, 3.05) is 18.1 Å². The van der Waals surface area contributed by atoms with Crippen molar-refractivity contribution in [3.8, 4) is 17.4 Å². The minimum Gasteiger partial charge on any atom is -0.482 e. The molecule has 2 saturated carbocycles. The fourth-order valence-electron chi connectivity index (χ4n) is 7.11. The second-order valence-electron chi connectivity index (χ2n) is 15.3. The van der Waals surface area contributed by atoms with E-state index < -0.39 is 18.5 Å². The monoisotopic (exact) mass is 884 g/mol. The van der Waals surface area contributed by atoms with Crippen molar-refractivity contribution < 1.29 is 33.4 Å². The first-order chi connectivity index (χ1) is 29.8. The maximum absolute atomic E-state index is 13.2. The predicted octanol–water partition coefficient (Wildman–Crippen LogP) is 10.6. The van der Waals surface area contributed by atoms with Crippen LogP contribution in [0.4, 0.5) is 0 Å². The molecule has 0 aliphatic heterocycles. The molecule has 0 unspecified atom stereocenters. The Morgan fingerprint density at radius 3 is 1.79 bits per heavy atom. The third kappa shape index (κ3) is 14.8. The Hall–Kier alpha value is -4.53. The Kier molecular flexibility index (Phi) is 18.2. The van der Waals surface area contributed by atoms with Gasteiger partial charge in [0.2, 0.25) is 5.88 Å². The van der Waals surface area contributed by atoms with E-state index in [0.29, 0.717) is 40.0 Å². The molecule has 6 rings (SSSR count). The summed E-state index contributed by atoms with van der Waals surface area (Å²) in [6.07, 6.45) is 13.4. The molecule has 61 heavy (non-hydrogen) atoms. The summed E-state index contributed by atoms with van der Waals surface area (Å²) in [5.41, 5.74) is 2.06. The van der Waals surface area contributed by atoms with Crippen molar-refractivity contribution in [2.24, 2.45) is 0 Å². The summed E-state index contributed by atoms with van der Waals surface area (Å²) in [7, 11) is 0. The number of thioether (sulfide) groups is 2. The Balaban J connectivity index is 0.925. The van der Waals surface area contributed by atoms with Gasteiger partial charge in [0, 0.05) is 23.0 Å². The molecular weight excluding hydrogens is 829 g/mol. The number of pyridine rings is 2. The molecular formula is C47H56N4O7S3. The van der Waals surface area contributed by atoms with E-state index in [1.54, 1.807) is 59.9 Å². The number of aryl methyl sites for hydroxylation is 1. The SMILES string of the molecule is CCCSc1nc(Oc2ccc(CCC(=O)OC(=O)COc3ccc(Sc4ccc(C(=O)NC5CCCCC5)c(SCCC)n4)cc3)cc2)ccc1C(=O)NC1CCCCC1. The zero-order valence-electron chi connectivity index (χ0n) is 35.1. The first-order valence-corrected chi connectivity index (χ1v) is 24.4. The topological polar surface area (TPSA) is 146 Å². The minimum atomic E-state index is -0.775. The molecule has 2 fully saturated rings. The summed E-state index contributed by atoms with van der Waals surface area (Å²) in [6, 6.07) is 22.2. The molecule has 2 heterocycles. The van der Waals surface area contributed by atoms with E-state index in [0.717, 1.165) is 96.2 Å². The van der Waals surface area contributed by atoms with Crippen molar-refractivity contribution in [3.63, 3.8) is 0 Å². The molecule has 2 amide bonds. The number of hydrogen-bond acceptors (Lipinski definition) is 12. The van der Waals surface area contributed by atoms with Crippen LogP contribution in [-0.2, 0) is 20.7 Å². The van der Waals surface area contributed by atoms with Crippen molar-refractivity contribution in [2.45, 2.75) is 136 Å². The standard InChI is InChI=1S/C47H56N4O7S3/c1-3-29-59-46-38(44(54)48-33-11-7-5-8-12-33)24-26-40(50-46)57-36-18-15-32(16-19-36)17-28-42(52)58-43(53)31-56-35-20-22-37(23-21-35)61-41-27-25-39(47(51-41)60-30-4-2)45(55)49-34-13-9-6-10-14-34/h15-16,18-27,33-34H,3-14,17,28-31H2,1-2H3,(H,48,54)(H,49,55). The second-order valence-corrected chi connectivity index (χ2v) is 18.5. The number of nitrogens with zero attached hydrogens (tertiary/aromatic N) is 2. The zero-order chi connectivity index (χ0) is 42.8. The van der Waals surface area contributed by atoms with Crippen LogP contribution >= 0.6 is 35.3 Å². The molecule has 2 aliphatic rings. The first kappa shape index (κ1) is 46.0.